The van der Waals surface area contributed by atoms with Crippen LogP contribution in [0.5, 0.6) is 0 Å². The molecule has 0 amide bonds. The summed E-state index contributed by atoms with van der Waals surface area (Å²) in [4.78, 5) is 33.7. The highest BCUT2D eigenvalue weighted by molar-refractivity contribution is 7.84. The Morgan fingerprint density at radius 1 is 1.00 bits per heavy atom. The molecule has 10 heteroatoms. The molecule has 0 aliphatic rings. The lowest BCUT2D eigenvalue weighted by atomic mass is 10.3. The monoisotopic (exact) mass is 333 g/mol. The van der Waals surface area contributed by atoms with Crippen LogP contribution in [-0.2, 0) is 34.2 Å². The fourth-order valence-electron chi connectivity index (χ4n) is 0.889. The first-order chi connectivity index (χ1) is 9.92. The summed E-state index contributed by atoms with van der Waals surface area (Å²) in [6.45, 7) is 9.17. The van der Waals surface area contributed by atoms with Gasteiger partial charge in [-0.3, -0.25) is 9.35 Å². The topological polar surface area (TPSA) is 136 Å². The van der Waals surface area contributed by atoms with Crippen LogP contribution in [0.3, 0.4) is 0 Å². The molecule has 0 saturated heterocycles. The minimum atomic E-state index is -4.83. The Kier molecular flexibility index (Phi) is 7.33. The van der Waals surface area contributed by atoms with Gasteiger partial charge in [0.2, 0.25) is 5.90 Å². The van der Waals surface area contributed by atoms with Crippen LogP contribution in [-0.4, -0.2) is 36.8 Å². The SMILES string of the molecule is C=C(C)C(=O)OC(=O)CC/C(=N/S(=O)(=O)O)OC(=O)C(=C)C. The summed E-state index contributed by atoms with van der Waals surface area (Å²) in [6.07, 6.45) is -1.02. The Bertz CT molecular complexity index is 644. The van der Waals surface area contributed by atoms with E-state index in [9.17, 15) is 22.8 Å². The van der Waals surface area contributed by atoms with Crippen LogP contribution in [0, 0.1) is 0 Å². The van der Waals surface area contributed by atoms with Gasteiger partial charge in [0.1, 0.15) is 0 Å². The van der Waals surface area contributed by atoms with Gasteiger partial charge in [0, 0.05) is 17.6 Å². The van der Waals surface area contributed by atoms with Crippen LogP contribution in [0.25, 0.3) is 0 Å². The Morgan fingerprint density at radius 2 is 1.45 bits per heavy atom. The summed E-state index contributed by atoms with van der Waals surface area (Å²) in [5.74, 6) is -3.69. The molecule has 9 nitrogen and oxygen atoms in total. The van der Waals surface area contributed by atoms with Gasteiger partial charge in [-0.15, -0.1) is 4.40 Å². The first-order valence-corrected chi connectivity index (χ1v) is 7.16. The van der Waals surface area contributed by atoms with E-state index in [1.807, 2.05) is 0 Å². The van der Waals surface area contributed by atoms with Gasteiger partial charge in [-0.25, -0.2) is 9.59 Å². The number of nitrogens with zero attached hydrogens (tertiary/aromatic N) is 1. The highest BCUT2D eigenvalue weighted by Gasteiger charge is 2.17. The van der Waals surface area contributed by atoms with Crippen molar-refractivity contribution in [1.82, 2.24) is 0 Å². The van der Waals surface area contributed by atoms with Crippen LogP contribution in [0.4, 0.5) is 0 Å². The number of carbonyl (C=O) groups excluding carboxylic acids is 3. The average molecular weight is 333 g/mol. The Labute approximate surface area is 127 Å². The van der Waals surface area contributed by atoms with Gasteiger partial charge in [-0.1, -0.05) is 13.2 Å². The minimum Gasteiger partial charge on any atom is -0.407 e. The lowest BCUT2D eigenvalue weighted by Crippen LogP contribution is -2.18. The zero-order chi connectivity index (χ0) is 17.5. The molecule has 0 aromatic rings. The van der Waals surface area contributed by atoms with Crippen molar-refractivity contribution in [2.24, 2.45) is 4.40 Å². The van der Waals surface area contributed by atoms with Crippen molar-refractivity contribution >= 4 is 34.1 Å². The molecule has 0 heterocycles. The van der Waals surface area contributed by atoms with E-state index in [-0.39, 0.29) is 11.1 Å². The Morgan fingerprint density at radius 3 is 1.86 bits per heavy atom. The molecular formula is C12H15NO8S. The van der Waals surface area contributed by atoms with Crippen molar-refractivity contribution in [2.45, 2.75) is 26.7 Å². The Hall–Kier alpha value is -2.33. The van der Waals surface area contributed by atoms with Gasteiger partial charge >= 0.3 is 28.2 Å². The summed E-state index contributed by atoms with van der Waals surface area (Å²) in [6, 6.07) is 0. The molecule has 0 aromatic carbocycles. The standard InChI is InChI=1S/C12H15NO8S/c1-7(2)11(15)20-9(13-22(17,18)19)5-6-10(14)21-12(16)8(3)4/h1,3,5-6H2,2,4H3,(H,17,18,19)/b13-9-. The summed E-state index contributed by atoms with van der Waals surface area (Å²) in [7, 11) is -4.83. The second kappa shape index (κ2) is 8.20. The summed E-state index contributed by atoms with van der Waals surface area (Å²) < 4.78 is 41.6. The van der Waals surface area contributed by atoms with Gasteiger partial charge in [-0.05, 0) is 13.8 Å². The normalized spacial score (nSPS) is 11.5. The molecule has 0 aromatic heterocycles. The number of carbonyl (C=O) groups is 3. The van der Waals surface area contributed by atoms with Crippen LogP contribution in [0.2, 0.25) is 0 Å². The second-order valence-corrected chi connectivity index (χ2v) is 5.22. The molecule has 0 aliphatic heterocycles. The molecule has 0 fully saturated rings. The van der Waals surface area contributed by atoms with Crippen molar-refractivity contribution in [1.29, 1.82) is 0 Å². The maximum atomic E-state index is 11.3. The molecule has 22 heavy (non-hydrogen) atoms. The van der Waals surface area contributed by atoms with Crippen molar-refractivity contribution in [2.75, 3.05) is 0 Å². The minimum absolute atomic E-state index is 0.00566. The highest BCUT2D eigenvalue weighted by Crippen LogP contribution is 2.05. The molecule has 0 saturated carbocycles. The van der Waals surface area contributed by atoms with E-state index in [1.54, 1.807) is 0 Å². The molecule has 0 bridgehead atoms. The van der Waals surface area contributed by atoms with E-state index < -0.39 is 47.0 Å². The lowest BCUT2D eigenvalue weighted by molar-refractivity contribution is -0.156. The second-order valence-electron chi connectivity index (χ2n) is 4.14. The van der Waals surface area contributed by atoms with Crippen LogP contribution in [0.1, 0.15) is 26.7 Å². The van der Waals surface area contributed by atoms with Crippen molar-refractivity contribution in [3.8, 4) is 0 Å². The summed E-state index contributed by atoms with van der Waals surface area (Å²) in [5, 5.41) is 0. The van der Waals surface area contributed by atoms with Gasteiger partial charge in [0.05, 0.1) is 6.42 Å². The van der Waals surface area contributed by atoms with Crippen molar-refractivity contribution < 1.29 is 36.8 Å². The molecule has 1 N–H and O–H groups in total. The molecule has 0 radical (unpaired) electrons. The van der Waals surface area contributed by atoms with E-state index in [0.717, 1.165) is 0 Å². The van der Waals surface area contributed by atoms with E-state index in [0.29, 0.717) is 0 Å². The number of ether oxygens (including phenoxy) is 2. The van der Waals surface area contributed by atoms with Gasteiger partial charge < -0.3 is 9.47 Å². The lowest BCUT2D eigenvalue weighted by Gasteiger charge is -2.06. The smallest absolute Gasteiger partial charge is 0.381 e. The maximum Gasteiger partial charge on any atom is 0.381 e. The fourth-order valence-corrected chi connectivity index (χ4v) is 1.27. The van der Waals surface area contributed by atoms with E-state index in [4.69, 9.17) is 4.55 Å². The summed E-state index contributed by atoms with van der Waals surface area (Å²) in [5.41, 5.74) is -0.0584. The number of esters is 3. The molecular weight excluding hydrogens is 318 g/mol. The highest BCUT2D eigenvalue weighted by atomic mass is 32.2. The molecule has 0 spiro atoms. The average Bonchev–Trinajstić information content (AvgIpc) is 2.33. The van der Waals surface area contributed by atoms with E-state index >= 15 is 0 Å². The first-order valence-electron chi connectivity index (χ1n) is 5.77. The van der Waals surface area contributed by atoms with Gasteiger partial charge in [0.25, 0.3) is 0 Å². The zero-order valence-corrected chi connectivity index (χ0v) is 12.8. The third kappa shape index (κ3) is 8.76. The van der Waals surface area contributed by atoms with Crippen molar-refractivity contribution in [3.05, 3.63) is 24.3 Å². The molecule has 0 aliphatic carbocycles. The molecule has 0 rings (SSSR count). The molecule has 0 unspecified atom stereocenters. The molecule has 122 valence electrons. The van der Waals surface area contributed by atoms with Crippen molar-refractivity contribution in [3.63, 3.8) is 0 Å². The number of hydrogen-bond acceptors (Lipinski definition) is 7. The fraction of sp³-hybridized carbons (Fsp3) is 0.333. The number of rotatable bonds is 6. The third-order valence-electron chi connectivity index (χ3n) is 1.87. The van der Waals surface area contributed by atoms with Crippen LogP contribution < -0.4 is 0 Å². The van der Waals surface area contributed by atoms with Gasteiger partial charge in [0.15, 0.2) is 0 Å². The number of hydrogen-bond donors (Lipinski definition) is 1. The first kappa shape index (κ1) is 19.7. The van der Waals surface area contributed by atoms with E-state index in [1.165, 1.54) is 13.8 Å². The quantitative estimate of drug-likeness (QED) is 0.188. The van der Waals surface area contributed by atoms with Crippen LogP contribution >= 0.6 is 0 Å². The third-order valence-corrected chi connectivity index (χ3v) is 2.31. The van der Waals surface area contributed by atoms with E-state index in [2.05, 4.69) is 27.0 Å². The van der Waals surface area contributed by atoms with Crippen LogP contribution in [0.15, 0.2) is 28.7 Å². The predicted molar refractivity (Wildman–Crippen MR) is 75.0 cm³/mol. The van der Waals surface area contributed by atoms with Gasteiger partial charge in [-0.2, -0.15) is 8.42 Å². The molecule has 0 atom stereocenters. The maximum absolute atomic E-state index is 11.3. The Balaban J connectivity index is 4.88. The predicted octanol–water partition coefficient (Wildman–Crippen LogP) is 0.733. The zero-order valence-electron chi connectivity index (χ0n) is 12.0. The summed E-state index contributed by atoms with van der Waals surface area (Å²) >= 11 is 0. The largest absolute Gasteiger partial charge is 0.407 e.